The molecule has 1 aromatic heterocycles. The van der Waals surface area contributed by atoms with E-state index in [2.05, 4.69) is 21.6 Å². The quantitative estimate of drug-likeness (QED) is 0.536. The van der Waals surface area contributed by atoms with Crippen LogP contribution in [0.2, 0.25) is 0 Å². The van der Waals surface area contributed by atoms with Gasteiger partial charge in [-0.2, -0.15) is 9.94 Å². The Morgan fingerprint density at radius 3 is 2.46 bits per heavy atom. The number of terminal acetylenes is 1. The Morgan fingerprint density at radius 1 is 1.11 bits per heavy atom. The van der Waals surface area contributed by atoms with Crippen molar-refractivity contribution in [3.05, 3.63) is 81.6 Å². The van der Waals surface area contributed by atoms with Crippen molar-refractivity contribution >= 4 is 17.1 Å². The van der Waals surface area contributed by atoms with E-state index < -0.39 is 11.4 Å². The summed E-state index contributed by atoms with van der Waals surface area (Å²) in [6.07, 6.45) is 5.46. The number of aromatic nitrogens is 1. The average molecular weight is 369 g/mol. The van der Waals surface area contributed by atoms with Crippen molar-refractivity contribution < 1.29 is 5.11 Å². The lowest BCUT2D eigenvalue weighted by Gasteiger charge is -2.14. The number of nitrogens with one attached hydrogen (secondary N) is 1. The Morgan fingerprint density at radius 2 is 1.79 bits per heavy atom. The number of hydrogen-bond donors (Lipinski definition) is 2. The number of pyridine rings is 1. The first-order valence-corrected chi connectivity index (χ1v) is 8.25. The molecule has 0 amide bonds. The normalized spacial score (nSPS) is 10.4. The minimum atomic E-state index is -0.690. The zero-order valence-corrected chi connectivity index (χ0v) is 14.9. The van der Waals surface area contributed by atoms with Gasteiger partial charge in [0.15, 0.2) is 5.69 Å². The zero-order valence-electron chi connectivity index (χ0n) is 14.9. The Labute approximate surface area is 161 Å². The van der Waals surface area contributed by atoms with Crippen LogP contribution in [0.3, 0.4) is 0 Å². The lowest BCUT2D eigenvalue weighted by molar-refractivity contribution is 0.428. The lowest BCUT2D eigenvalue weighted by atomic mass is 10.1. The highest BCUT2D eigenvalue weighted by atomic mass is 16.3. The maximum absolute atomic E-state index is 12.6. The van der Waals surface area contributed by atoms with Crippen molar-refractivity contribution in [3.8, 4) is 24.3 Å². The molecule has 7 nitrogen and oxygen atoms in total. The number of azo groups is 1. The van der Waals surface area contributed by atoms with E-state index in [1.54, 1.807) is 48.5 Å². The summed E-state index contributed by atoms with van der Waals surface area (Å²) in [4.78, 5) is 12.6. The van der Waals surface area contributed by atoms with Crippen molar-refractivity contribution in [1.29, 1.82) is 5.26 Å². The van der Waals surface area contributed by atoms with Crippen LogP contribution in [0.15, 0.2) is 69.6 Å². The fourth-order valence-corrected chi connectivity index (χ4v) is 2.54. The minimum Gasteiger partial charge on any atom is -0.492 e. The third-order valence-electron chi connectivity index (χ3n) is 4.01. The van der Waals surface area contributed by atoms with E-state index in [1.165, 1.54) is 6.92 Å². The summed E-state index contributed by atoms with van der Waals surface area (Å²) in [7, 11) is 0. The van der Waals surface area contributed by atoms with Crippen molar-refractivity contribution in [2.75, 3.05) is 5.43 Å². The van der Waals surface area contributed by atoms with Gasteiger partial charge in [-0.15, -0.1) is 16.7 Å². The van der Waals surface area contributed by atoms with Gasteiger partial charge in [0, 0.05) is 5.56 Å². The van der Waals surface area contributed by atoms with Gasteiger partial charge >= 0.3 is 0 Å². The summed E-state index contributed by atoms with van der Waals surface area (Å²) in [5.41, 5.74) is 3.65. The zero-order chi connectivity index (χ0) is 20.1. The van der Waals surface area contributed by atoms with Gasteiger partial charge in [-0.3, -0.25) is 10.2 Å². The average Bonchev–Trinajstić information content (AvgIpc) is 2.72. The second-order valence-corrected chi connectivity index (χ2v) is 5.76. The van der Waals surface area contributed by atoms with Crippen LogP contribution in [0.25, 0.3) is 0 Å². The van der Waals surface area contributed by atoms with E-state index in [9.17, 15) is 15.2 Å². The maximum Gasteiger partial charge on any atom is 0.290 e. The summed E-state index contributed by atoms with van der Waals surface area (Å²) < 4.78 is 0.863. The van der Waals surface area contributed by atoms with Gasteiger partial charge in [0.05, 0.1) is 11.3 Å². The number of nitrogens with zero attached hydrogens (tertiary/aromatic N) is 4. The van der Waals surface area contributed by atoms with E-state index in [4.69, 9.17) is 6.42 Å². The number of anilines is 1. The van der Waals surface area contributed by atoms with E-state index in [-0.39, 0.29) is 16.8 Å². The molecule has 1 heterocycles. The number of aromatic hydroxyl groups is 1. The molecule has 0 bridgehead atoms. The van der Waals surface area contributed by atoms with Crippen LogP contribution < -0.4 is 11.0 Å². The first-order valence-electron chi connectivity index (χ1n) is 8.25. The van der Waals surface area contributed by atoms with Crippen LogP contribution in [0.1, 0.15) is 16.7 Å². The molecule has 2 N–H and O–H groups in total. The van der Waals surface area contributed by atoms with E-state index in [0.29, 0.717) is 16.9 Å². The molecule has 0 saturated carbocycles. The fourth-order valence-electron chi connectivity index (χ4n) is 2.54. The van der Waals surface area contributed by atoms with E-state index in [0.717, 1.165) is 4.68 Å². The largest absolute Gasteiger partial charge is 0.492 e. The summed E-state index contributed by atoms with van der Waals surface area (Å²) in [6.45, 7) is 1.52. The molecule has 0 aliphatic heterocycles. The number of nitriles is 1. The van der Waals surface area contributed by atoms with Crippen LogP contribution >= 0.6 is 0 Å². The molecule has 0 atom stereocenters. The molecule has 3 rings (SSSR count). The van der Waals surface area contributed by atoms with Crippen molar-refractivity contribution in [3.63, 3.8) is 0 Å². The monoisotopic (exact) mass is 369 g/mol. The van der Waals surface area contributed by atoms with E-state index >= 15 is 0 Å². The summed E-state index contributed by atoms with van der Waals surface area (Å²) in [5, 5.41) is 28.2. The van der Waals surface area contributed by atoms with Crippen LogP contribution in [0.4, 0.5) is 17.1 Å². The molecule has 28 heavy (non-hydrogen) atoms. The van der Waals surface area contributed by atoms with Gasteiger partial charge in [-0.25, -0.2) is 0 Å². The third kappa shape index (κ3) is 3.46. The van der Waals surface area contributed by atoms with Crippen molar-refractivity contribution in [2.45, 2.75) is 6.92 Å². The molecular formula is C21H15N5O2. The number of para-hydroxylation sites is 1. The van der Waals surface area contributed by atoms with Crippen LogP contribution in [-0.4, -0.2) is 9.78 Å². The molecule has 2 aromatic carbocycles. The maximum atomic E-state index is 12.6. The van der Waals surface area contributed by atoms with Crippen molar-refractivity contribution in [2.24, 2.45) is 10.2 Å². The van der Waals surface area contributed by atoms with Crippen LogP contribution in [0.5, 0.6) is 5.88 Å². The van der Waals surface area contributed by atoms with Crippen molar-refractivity contribution in [1.82, 2.24) is 4.68 Å². The third-order valence-corrected chi connectivity index (χ3v) is 4.01. The second-order valence-electron chi connectivity index (χ2n) is 5.76. The molecule has 0 unspecified atom stereocenters. The minimum absolute atomic E-state index is 0.00796. The number of benzene rings is 2. The molecule has 0 radical (unpaired) electrons. The van der Waals surface area contributed by atoms with Gasteiger partial charge in [-0.1, -0.05) is 36.3 Å². The molecular weight excluding hydrogens is 354 g/mol. The molecule has 0 spiro atoms. The number of rotatable bonds is 4. The summed E-state index contributed by atoms with van der Waals surface area (Å²) >= 11 is 0. The highest BCUT2D eigenvalue weighted by Crippen LogP contribution is 2.32. The highest BCUT2D eigenvalue weighted by molar-refractivity contribution is 5.61. The SMILES string of the molecule is C#Cc1ccccc1/N=N/c1c(C)c(C#N)c(=O)n(Nc2ccccc2)c1O. The lowest BCUT2D eigenvalue weighted by Crippen LogP contribution is -2.29. The second kappa shape index (κ2) is 7.90. The Hall–Kier alpha value is -4.36. The highest BCUT2D eigenvalue weighted by Gasteiger charge is 2.19. The van der Waals surface area contributed by atoms with Gasteiger partial charge in [-0.05, 0) is 31.2 Å². The fraction of sp³-hybridized carbons (Fsp3) is 0.0476. The van der Waals surface area contributed by atoms with Gasteiger partial charge in [0.2, 0.25) is 5.88 Å². The smallest absolute Gasteiger partial charge is 0.290 e. The molecule has 3 aromatic rings. The Balaban J connectivity index is 2.15. The Kier molecular flexibility index (Phi) is 5.20. The standard InChI is InChI=1S/C21H15N5O2/c1-3-15-9-7-8-12-18(15)23-24-19-14(2)17(13-22)20(27)26(21(19)28)25-16-10-5-4-6-11-16/h1,4-12,25,28H,2H3/b24-23+. The number of hydrogen-bond acceptors (Lipinski definition) is 6. The molecule has 0 fully saturated rings. The van der Waals surface area contributed by atoms with Gasteiger partial charge < -0.3 is 5.11 Å². The van der Waals surface area contributed by atoms with Gasteiger partial charge in [0.25, 0.3) is 5.56 Å². The van der Waals surface area contributed by atoms with E-state index in [1.807, 2.05) is 12.1 Å². The predicted octanol–water partition coefficient (Wildman–Crippen LogP) is 4.01. The molecule has 0 aliphatic rings. The van der Waals surface area contributed by atoms with Crippen LogP contribution in [-0.2, 0) is 0 Å². The molecule has 0 saturated heterocycles. The molecule has 0 aliphatic carbocycles. The first kappa shape index (κ1) is 18.4. The Bertz CT molecular complexity index is 1200. The first-order chi connectivity index (χ1) is 13.6. The predicted molar refractivity (Wildman–Crippen MR) is 106 cm³/mol. The van der Waals surface area contributed by atoms with Crippen LogP contribution in [0, 0.1) is 30.6 Å². The molecule has 136 valence electrons. The summed E-state index contributed by atoms with van der Waals surface area (Å²) in [5.74, 6) is 2.04. The van der Waals surface area contributed by atoms with Gasteiger partial charge in [0.1, 0.15) is 17.3 Å². The topological polar surface area (TPSA) is 103 Å². The summed E-state index contributed by atoms with van der Waals surface area (Å²) in [6, 6.07) is 17.5. The molecule has 7 heteroatoms.